The second-order valence-corrected chi connectivity index (χ2v) is 7.52. The molecule has 2 rings (SSSR count). The fourth-order valence-corrected chi connectivity index (χ4v) is 2.82. The highest BCUT2D eigenvalue weighted by Crippen LogP contribution is 2.27. The van der Waals surface area contributed by atoms with E-state index in [0.29, 0.717) is 19.5 Å². The van der Waals surface area contributed by atoms with Crippen LogP contribution < -0.4 is 0 Å². The smallest absolute Gasteiger partial charge is 0.223 e. The summed E-state index contributed by atoms with van der Waals surface area (Å²) in [6, 6.07) is 10.2. The molecule has 0 bridgehead atoms. The summed E-state index contributed by atoms with van der Waals surface area (Å²) in [7, 11) is 4.05. The van der Waals surface area contributed by atoms with E-state index >= 15 is 0 Å². The van der Waals surface area contributed by atoms with Gasteiger partial charge in [-0.15, -0.1) is 0 Å². The van der Waals surface area contributed by atoms with Crippen molar-refractivity contribution in [3.8, 4) is 0 Å². The molecule has 0 atom stereocenters. The number of H-pyrrole nitrogens is 1. The van der Waals surface area contributed by atoms with Gasteiger partial charge in [-0.25, -0.2) is 4.98 Å². The Bertz CT molecular complexity index is 676. The molecule has 1 heterocycles. The molecule has 0 aliphatic heterocycles. The molecule has 2 aromatic rings. The lowest BCUT2D eigenvalue weighted by Gasteiger charge is -2.30. The van der Waals surface area contributed by atoms with Gasteiger partial charge < -0.3 is 14.8 Å². The van der Waals surface area contributed by atoms with Gasteiger partial charge in [0.1, 0.15) is 0 Å². The van der Waals surface area contributed by atoms with Crippen LogP contribution in [0.4, 0.5) is 0 Å². The molecule has 1 aromatic carbocycles. The number of benzene rings is 1. The highest BCUT2D eigenvalue weighted by molar-refractivity contribution is 5.77. The quantitative estimate of drug-likeness (QED) is 0.802. The van der Waals surface area contributed by atoms with Crippen LogP contribution in [0.25, 0.3) is 0 Å². The fraction of sp³-hybridized carbons (Fsp3) is 0.500. The lowest BCUT2D eigenvalue weighted by Crippen LogP contribution is -2.39. The summed E-state index contributed by atoms with van der Waals surface area (Å²) in [5, 5.41) is 0. The number of imidazole rings is 1. The molecule has 0 radical (unpaired) electrons. The molecular weight excluding hydrogens is 312 g/mol. The number of likely N-dealkylation sites (N-methyl/N-ethyl adjacent to an activating group) is 1. The molecule has 136 valence electrons. The lowest BCUT2D eigenvalue weighted by molar-refractivity contribution is -0.133. The Hall–Kier alpha value is -2.14. The summed E-state index contributed by atoms with van der Waals surface area (Å²) in [4.78, 5) is 24.5. The largest absolute Gasteiger partial charge is 0.348 e. The van der Waals surface area contributed by atoms with Gasteiger partial charge in [0.25, 0.3) is 0 Å². The third-order valence-electron chi connectivity index (χ3n) is 4.59. The highest BCUT2D eigenvalue weighted by atomic mass is 16.2. The number of nitrogens with one attached hydrogen (secondary N) is 1. The molecule has 0 spiro atoms. The lowest BCUT2D eigenvalue weighted by atomic mass is 9.81. The van der Waals surface area contributed by atoms with Crippen LogP contribution in [0.3, 0.4) is 0 Å². The van der Waals surface area contributed by atoms with E-state index in [9.17, 15) is 4.79 Å². The molecule has 0 unspecified atom stereocenters. The molecule has 1 aromatic heterocycles. The van der Waals surface area contributed by atoms with E-state index in [2.05, 4.69) is 40.8 Å². The Morgan fingerprint density at radius 1 is 1.16 bits per heavy atom. The van der Waals surface area contributed by atoms with Crippen molar-refractivity contribution in [1.29, 1.82) is 0 Å². The van der Waals surface area contributed by atoms with Crippen LogP contribution in [-0.4, -0.2) is 52.9 Å². The minimum Gasteiger partial charge on any atom is -0.348 e. The van der Waals surface area contributed by atoms with Gasteiger partial charge in [0.2, 0.25) is 5.91 Å². The number of aryl methyl sites for hydroxylation is 1. The van der Waals surface area contributed by atoms with Gasteiger partial charge in [-0.2, -0.15) is 0 Å². The Labute approximate surface area is 151 Å². The van der Waals surface area contributed by atoms with Gasteiger partial charge in [-0.1, -0.05) is 44.2 Å². The van der Waals surface area contributed by atoms with E-state index in [1.54, 1.807) is 6.33 Å². The number of nitrogens with zero attached hydrogens (tertiary/aromatic N) is 3. The highest BCUT2D eigenvalue weighted by Gasteiger charge is 2.27. The first-order valence-electron chi connectivity index (χ1n) is 8.76. The summed E-state index contributed by atoms with van der Waals surface area (Å²) >= 11 is 0. The zero-order chi connectivity index (χ0) is 18.4. The molecule has 0 saturated carbocycles. The van der Waals surface area contributed by atoms with Crippen LogP contribution in [0.2, 0.25) is 0 Å². The maximum atomic E-state index is 13.1. The number of hydrogen-bond donors (Lipinski definition) is 1. The van der Waals surface area contributed by atoms with E-state index in [0.717, 1.165) is 17.9 Å². The van der Waals surface area contributed by atoms with Gasteiger partial charge in [-0.05, 0) is 32.0 Å². The number of hydrogen-bond acceptors (Lipinski definition) is 3. The number of carbonyl (C=O) groups excluding carboxylic acids is 1. The van der Waals surface area contributed by atoms with Crippen LogP contribution >= 0.6 is 0 Å². The first-order chi connectivity index (χ1) is 11.8. The van der Waals surface area contributed by atoms with Crippen molar-refractivity contribution >= 4 is 5.91 Å². The average molecular weight is 342 g/mol. The normalized spacial score (nSPS) is 11.8. The van der Waals surface area contributed by atoms with Crippen molar-refractivity contribution in [1.82, 2.24) is 19.8 Å². The predicted octanol–water partition coefficient (Wildman–Crippen LogP) is 2.98. The Morgan fingerprint density at radius 2 is 1.84 bits per heavy atom. The van der Waals surface area contributed by atoms with Gasteiger partial charge in [0.05, 0.1) is 18.6 Å². The molecule has 5 heteroatoms. The number of aromatic amines is 1. The number of rotatable bonds is 8. The molecule has 25 heavy (non-hydrogen) atoms. The topological polar surface area (TPSA) is 52.2 Å². The fourth-order valence-electron chi connectivity index (χ4n) is 2.82. The van der Waals surface area contributed by atoms with Crippen molar-refractivity contribution < 1.29 is 4.79 Å². The summed E-state index contributed by atoms with van der Waals surface area (Å²) in [5.74, 6) is 0.165. The number of amides is 1. The van der Waals surface area contributed by atoms with Crippen LogP contribution in [-0.2, 0) is 16.8 Å². The predicted molar refractivity (Wildman–Crippen MR) is 101 cm³/mol. The standard InChI is InChI=1S/C20H30N4O/c1-16-18(22-15-21-16)14-24(12-11-23(4)5)19(25)13-20(2,3)17-9-7-6-8-10-17/h6-10,15H,11-14H2,1-5H3,(H,21,22). The molecule has 0 aliphatic carbocycles. The van der Waals surface area contributed by atoms with E-state index in [1.165, 1.54) is 5.56 Å². The first-order valence-corrected chi connectivity index (χ1v) is 8.76. The Balaban J connectivity index is 2.12. The van der Waals surface area contributed by atoms with E-state index in [4.69, 9.17) is 0 Å². The van der Waals surface area contributed by atoms with Crippen LogP contribution in [0.5, 0.6) is 0 Å². The van der Waals surface area contributed by atoms with Crippen molar-refractivity contribution in [2.75, 3.05) is 27.2 Å². The minimum absolute atomic E-state index is 0.165. The van der Waals surface area contributed by atoms with Gasteiger partial charge in [0, 0.05) is 25.2 Å². The van der Waals surface area contributed by atoms with E-state index < -0.39 is 0 Å². The molecule has 1 N–H and O–H groups in total. The summed E-state index contributed by atoms with van der Waals surface area (Å²) in [6.07, 6.45) is 2.17. The second kappa shape index (κ2) is 8.30. The number of aromatic nitrogens is 2. The van der Waals surface area contributed by atoms with Crippen molar-refractivity contribution in [3.05, 3.63) is 53.6 Å². The summed E-state index contributed by atoms with van der Waals surface area (Å²) in [5.41, 5.74) is 2.94. The third-order valence-corrected chi connectivity index (χ3v) is 4.59. The van der Waals surface area contributed by atoms with Crippen molar-refractivity contribution in [2.24, 2.45) is 0 Å². The number of carbonyl (C=O) groups is 1. The van der Waals surface area contributed by atoms with E-state index in [1.807, 2.05) is 44.1 Å². The Morgan fingerprint density at radius 3 is 2.40 bits per heavy atom. The SMILES string of the molecule is Cc1[nH]cnc1CN(CCN(C)C)C(=O)CC(C)(C)c1ccccc1. The van der Waals surface area contributed by atoms with Crippen LogP contribution in [0, 0.1) is 6.92 Å². The van der Waals surface area contributed by atoms with Crippen LogP contribution in [0.1, 0.15) is 37.2 Å². The summed E-state index contributed by atoms with van der Waals surface area (Å²) < 4.78 is 0. The maximum Gasteiger partial charge on any atom is 0.223 e. The van der Waals surface area contributed by atoms with E-state index in [-0.39, 0.29) is 11.3 Å². The van der Waals surface area contributed by atoms with Gasteiger partial charge in [0.15, 0.2) is 0 Å². The molecule has 0 fully saturated rings. The minimum atomic E-state index is -0.199. The first kappa shape index (κ1) is 19.2. The zero-order valence-electron chi connectivity index (χ0n) is 16.0. The summed E-state index contributed by atoms with van der Waals surface area (Å²) in [6.45, 7) is 8.33. The Kier molecular flexibility index (Phi) is 6.37. The third kappa shape index (κ3) is 5.43. The van der Waals surface area contributed by atoms with Crippen molar-refractivity contribution in [3.63, 3.8) is 0 Å². The molecule has 0 aliphatic rings. The average Bonchev–Trinajstić information content (AvgIpc) is 2.96. The molecule has 5 nitrogen and oxygen atoms in total. The second-order valence-electron chi connectivity index (χ2n) is 7.52. The van der Waals surface area contributed by atoms with Gasteiger partial charge in [-0.3, -0.25) is 4.79 Å². The maximum absolute atomic E-state index is 13.1. The molecule has 0 saturated heterocycles. The molecule has 1 amide bonds. The molecular formula is C20H30N4O. The van der Waals surface area contributed by atoms with Crippen LogP contribution in [0.15, 0.2) is 36.7 Å². The monoisotopic (exact) mass is 342 g/mol. The van der Waals surface area contributed by atoms with Gasteiger partial charge >= 0.3 is 0 Å². The zero-order valence-corrected chi connectivity index (χ0v) is 16.0. The van der Waals surface area contributed by atoms with Crippen molar-refractivity contribution in [2.45, 2.75) is 39.2 Å².